The maximum absolute atomic E-state index is 12.4. The van der Waals surface area contributed by atoms with E-state index in [2.05, 4.69) is 5.32 Å². The van der Waals surface area contributed by atoms with Gasteiger partial charge in [-0.15, -0.1) is 0 Å². The first kappa shape index (κ1) is 14.8. The lowest BCUT2D eigenvalue weighted by atomic mass is 10.1. The van der Waals surface area contributed by atoms with Crippen LogP contribution in [-0.2, 0) is 6.54 Å². The summed E-state index contributed by atoms with van der Waals surface area (Å²) in [6.07, 6.45) is 1.20. The molecule has 1 N–H and O–H groups in total. The van der Waals surface area contributed by atoms with Crippen LogP contribution in [0.2, 0.25) is 0 Å². The largest absolute Gasteiger partial charge is 0.496 e. The lowest BCUT2D eigenvalue weighted by Crippen LogP contribution is -2.24. The minimum Gasteiger partial charge on any atom is -0.496 e. The van der Waals surface area contributed by atoms with Crippen molar-refractivity contribution >= 4 is 16.7 Å². The molecular weight excluding hydrogens is 294 g/mol. The molecule has 0 saturated heterocycles. The second-order valence-corrected chi connectivity index (χ2v) is 4.98. The minimum atomic E-state index is -0.457. The average molecular weight is 309 g/mol. The summed E-state index contributed by atoms with van der Waals surface area (Å²) in [4.78, 5) is 24.1. The quantitative estimate of drug-likeness (QED) is 0.804. The Morgan fingerprint density at radius 1 is 1.09 bits per heavy atom. The topological polar surface area (TPSA) is 68.5 Å². The van der Waals surface area contributed by atoms with Crippen molar-refractivity contribution in [3.05, 3.63) is 76.3 Å². The summed E-state index contributed by atoms with van der Waals surface area (Å²) < 4.78 is 10.2. The van der Waals surface area contributed by atoms with Crippen molar-refractivity contribution < 1.29 is 13.9 Å². The van der Waals surface area contributed by atoms with Gasteiger partial charge in [-0.05, 0) is 12.1 Å². The number of rotatable bonds is 4. The molecule has 0 fully saturated rings. The van der Waals surface area contributed by atoms with Gasteiger partial charge in [0.25, 0.3) is 5.91 Å². The molecule has 5 nitrogen and oxygen atoms in total. The number of ether oxygens (including phenoxy) is 1. The molecule has 0 aliphatic rings. The second kappa shape index (κ2) is 6.36. The van der Waals surface area contributed by atoms with Gasteiger partial charge in [-0.1, -0.05) is 36.4 Å². The van der Waals surface area contributed by atoms with Gasteiger partial charge in [0.05, 0.1) is 18.1 Å². The van der Waals surface area contributed by atoms with Crippen molar-refractivity contribution in [2.75, 3.05) is 7.11 Å². The molecule has 5 heteroatoms. The fourth-order valence-corrected chi connectivity index (χ4v) is 2.43. The summed E-state index contributed by atoms with van der Waals surface area (Å²) >= 11 is 0. The Morgan fingerprint density at radius 2 is 1.78 bits per heavy atom. The number of fused-ring (bicyclic) bond motifs is 1. The van der Waals surface area contributed by atoms with Gasteiger partial charge >= 0.3 is 5.63 Å². The first-order chi connectivity index (χ1) is 11.2. The maximum atomic E-state index is 12.4. The highest BCUT2D eigenvalue weighted by Crippen LogP contribution is 2.18. The summed E-state index contributed by atoms with van der Waals surface area (Å²) in [5.74, 6) is 0.396. The molecule has 0 unspecified atom stereocenters. The van der Waals surface area contributed by atoms with Crippen molar-refractivity contribution in [1.29, 1.82) is 0 Å². The van der Waals surface area contributed by atoms with E-state index in [1.807, 2.05) is 24.3 Å². The van der Waals surface area contributed by atoms with Crippen LogP contribution in [0.25, 0.3) is 10.8 Å². The van der Waals surface area contributed by atoms with E-state index < -0.39 is 5.63 Å². The van der Waals surface area contributed by atoms with E-state index in [9.17, 15) is 9.59 Å². The fraction of sp³-hybridized carbons (Fsp3) is 0.111. The SMILES string of the molecule is COc1ccccc1CNC(=O)c1coc(=O)c2ccccc12. The molecule has 0 aliphatic carbocycles. The molecule has 1 amide bonds. The van der Waals surface area contributed by atoms with Crippen molar-refractivity contribution in [2.45, 2.75) is 6.54 Å². The molecule has 0 saturated carbocycles. The smallest absolute Gasteiger partial charge is 0.343 e. The van der Waals surface area contributed by atoms with E-state index in [0.717, 1.165) is 5.56 Å². The van der Waals surface area contributed by atoms with Crippen molar-refractivity contribution in [3.8, 4) is 5.75 Å². The predicted octanol–water partition coefficient (Wildman–Crippen LogP) is 2.73. The molecule has 3 rings (SSSR count). The van der Waals surface area contributed by atoms with E-state index >= 15 is 0 Å². The standard InChI is InChI=1S/C18H15NO4/c1-22-16-9-5-2-6-12(16)10-19-17(20)15-11-23-18(21)14-8-4-3-7-13(14)15/h2-9,11H,10H2,1H3,(H,19,20). The summed E-state index contributed by atoms with van der Waals surface area (Å²) in [7, 11) is 1.58. The van der Waals surface area contributed by atoms with E-state index in [1.165, 1.54) is 6.26 Å². The van der Waals surface area contributed by atoms with Crippen LogP contribution in [0.5, 0.6) is 5.75 Å². The molecule has 0 bridgehead atoms. The highest BCUT2D eigenvalue weighted by molar-refractivity contribution is 6.06. The average Bonchev–Trinajstić information content (AvgIpc) is 2.60. The summed E-state index contributed by atoms with van der Waals surface area (Å²) in [5, 5.41) is 3.78. The number of carbonyl (C=O) groups is 1. The maximum Gasteiger partial charge on any atom is 0.343 e. The van der Waals surface area contributed by atoms with Gasteiger partial charge in [-0.2, -0.15) is 0 Å². The monoisotopic (exact) mass is 309 g/mol. The Hall–Kier alpha value is -3.08. The number of nitrogens with one attached hydrogen (secondary N) is 1. The minimum absolute atomic E-state index is 0.309. The first-order valence-electron chi connectivity index (χ1n) is 7.11. The van der Waals surface area contributed by atoms with Gasteiger partial charge in [0.15, 0.2) is 0 Å². The normalized spacial score (nSPS) is 10.5. The van der Waals surface area contributed by atoms with Gasteiger partial charge in [0.2, 0.25) is 0 Å². The zero-order valence-corrected chi connectivity index (χ0v) is 12.5. The highest BCUT2D eigenvalue weighted by atomic mass is 16.5. The highest BCUT2D eigenvalue weighted by Gasteiger charge is 2.13. The van der Waals surface area contributed by atoms with Gasteiger partial charge < -0.3 is 14.5 Å². The number of amides is 1. The number of methoxy groups -OCH3 is 1. The van der Waals surface area contributed by atoms with Crippen LogP contribution in [0.15, 0.2) is 64.0 Å². The number of hydrogen-bond donors (Lipinski definition) is 1. The van der Waals surface area contributed by atoms with Gasteiger partial charge in [0, 0.05) is 17.5 Å². The van der Waals surface area contributed by atoms with Crippen LogP contribution in [0.3, 0.4) is 0 Å². The number of benzene rings is 2. The third-order valence-corrected chi connectivity index (χ3v) is 3.60. The van der Waals surface area contributed by atoms with Crippen molar-refractivity contribution in [1.82, 2.24) is 5.32 Å². The first-order valence-corrected chi connectivity index (χ1v) is 7.11. The lowest BCUT2D eigenvalue weighted by Gasteiger charge is -2.10. The lowest BCUT2D eigenvalue weighted by molar-refractivity contribution is 0.0950. The van der Waals surface area contributed by atoms with Crippen LogP contribution < -0.4 is 15.7 Å². The molecule has 1 heterocycles. The second-order valence-electron chi connectivity index (χ2n) is 4.98. The van der Waals surface area contributed by atoms with Crippen LogP contribution in [0.4, 0.5) is 0 Å². The van der Waals surface area contributed by atoms with Crippen molar-refractivity contribution in [3.63, 3.8) is 0 Å². The van der Waals surface area contributed by atoms with E-state index in [-0.39, 0.29) is 5.91 Å². The molecule has 0 spiro atoms. The number of hydrogen-bond acceptors (Lipinski definition) is 4. The van der Waals surface area contributed by atoms with Gasteiger partial charge in [-0.25, -0.2) is 4.79 Å². The summed E-state index contributed by atoms with van der Waals surface area (Å²) in [6, 6.07) is 14.3. The van der Waals surface area contributed by atoms with E-state index in [4.69, 9.17) is 9.15 Å². The van der Waals surface area contributed by atoms with E-state index in [0.29, 0.717) is 28.6 Å². The molecule has 0 atom stereocenters. The van der Waals surface area contributed by atoms with Gasteiger partial charge in [-0.3, -0.25) is 4.79 Å². The fourth-order valence-electron chi connectivity index (χ4n) is 2.43. The summed E-state index contributed by atoms with van der Waals surface area (Å²) in [5.41, 5.74) is 0.738. The Bertz CT molecular complexity index is 914. The van der Waals surface area contributed by atoms with E-state index in [1.54, 1.807) is 31.4 Å². The predicted molar refractivity (Wildman–Crippen MR) is 86.6 cm³/mol. The van der Waals surface area contributed by atoms with Crippen LogP contribution in [0, 0.1) is 0 Å². The molecule has 0 radical (unpaired) electrons. The third-order valence-electron chi connectivity index (χ3n) is 3.60. The van der Waals surface area contributed by atoms with Crippen molar-refractivity contribution in [2.24, 2.45) is 0 Å². The summed E-state index contributed by atoms with van der Waals surface area (Å²) in [6.45, 7) is 0.316. The molecule has 23 heavy (non-hydrogen) atoms. The van der Waals surface area contributed by atoms with Crippen LogP contribution in [-0.4, -0.2) is 13.0 Å². The third kappa shape index (κ3) is 2.94. The van der Waals surface area contributed by atoms with Crippen LogP contribution >= 0.6 is 0 Å². The molecule has 116 valence electrons. The molecule has 1 aromatic heterocycles. The molecule has 2 aromatic carbocycles. The zero-order valence-electron chi connectivity index (χ0n) is 12.5. The van der Waals surface area contributed by atoms with Crippen LogP contribution in [0.1, 0.15) is 15.9 Å². The Kier molecular flexibility index (Phi) is 4.10. The Balaban J connectivity index is 1.87. The number of para-hydroxylation sites is 1. The number of carbonyl (C=O) groups excluding carboxylic acids is 1. The molecular formula is C18H15NO4. The Morgan fingerprint density at radius 3 is 2.57 bits per heavy atom. The Labute approximate surface area is 132 Å². The molecule has 3 aromatic rings. The van der Waals surface area contributed by atoms with Gasteiger partial charge in [0.1, 0.15) is 12.0 Å². The molecule has 0 aliphatic heterocycles. The zero-order chi connectivity index (χ0) is 16.2.